The molecule has 23 heavy (non-hydrogen) atoms. The highest BCUT2D eigenvalue weighted by atomic mass is 35.5. The van der Waals surface area contributed by atoms with Crippen LogP contribution in [0.5, 0.6) is 0 Å². The highest BCUT2D eigenvalue weighted by molar-refractivity contribution is 7.99. The molecular weight excluding hydrogens is 328 g/mol. The second-order valence-electron chi connectivity index (χ2n) is 5.71. The van der Waals surface area contributed by atoms with Crippen LogP contribution in [0, 0.1) is 0 Å². The van der Waals surface area contributed by atoms with E-state index in [1.165, 1.54) is 17.3 Å². The fourth-order valence-corrected chi connectivity index (χ4v) is 3.67. The minimum atomic E-state index is -0.473. The van der Waals surface area contributed by atoms with Crippen LogP contribution in [0.1, 0.15) is 35.8 Å². The lowest BCUT2D eigenvalue weighted by atomic mass is 10.0. The minimum absolute atomic E-state index is 0.417. The maximum atomic E-state index is 11.8. The van der Waals surface area contributed by atoms with Gasteiger partial charge in [0, 0.05) is 20.8 Å². The van der Waals surface area contributed by atoms with E-state index in [0.717, 1.165) is 20.7 Å². The first kappa shape index (κ1) is 16.0. The molecule has 3 rings (SSSR count). The highest BCUT2D eigenvalue weighted by Crippen LogP contribution is 2.38. The van der Waals surface area contributed by atoms with Gasteiger partial charge in [-0.3, -0.25) is 4.79 Å². The van der Waals surface area contributed by atoms with E-state index in [1.54, 1.807) is 6.07 Å². The number of rotatable bonds is 4. The van der Waals surface area contributed by atoms with Gasteiger partial charge in [0.1, 0.15) is 5.69 Å². The van der Waals surface area contributed by atoms with Crippen LogP contribution in [0.3, 0.4) is 0 Å². The van der Waals surface area contributed by atoms with Crippen molar-refractivity contribution in [2.24, 2.45) is 5.73 Å². The van der Waals surface area contributed by atoms with Gasteiger partial charge in [-0.15, -0.1) is 0 Å². The third-order valence-corrected chi connectivity index (χ3v) is 5.10. The molecule has 2 aromatic carbocycles. The Morgan fingerprint density at radius 1 is 1.17 bits per heavy atom. The highest BCUT2D eigenvalue weighted by Gasteiger charge is 2.17. The van der Waals surface area contributed by atoms with Crippen LogP contribution in [-0.2, 0) is 0 Å². The summed E-state index contributed by atoms with van der Waals surface area (Å²) in [5.74, 6) is 0.0146. The Balaban J connectivity index is 2.05. The number of fused-ring (bicyclic) bond motifs is 1. The van der Waals surface area contributed by atoms with Gasteiger partial charge in [-0.25, -0.2) is 0 Å². The van der Waals surface area contributed by atoms with Gasteiger partial charge in [0.2, 0.25) is 0 Å². The molecule has 0 spiro atoms. The molecule has 1 aromatic heterocycles. The standard InChI is InChI=1S/C18H17ClN2OS/c1-10(2)11-3-6-13(7-4-11)23-17-14-9-12(19)5-8-15(14)21-16(17)18(20)22/h3-10,21H,1-2H3,(H2,20,22). The van der Waals surface area contributed by atoms with Crippen molar-refractivity contribution in [1.29, 1.82) is 0 Å². The van der Waals surface area contributed by atoms with Gasteiger partial charge in [0.05, 0.1) is 4.90 Å². The molecule has 5 heteroatoms. The Morgan fingerprint density at radius 2 is 1.87 bits per heavy atom. The molecule has 0 fully saturated rings. The van der Waals surface area contributed by atoms with E-state index in [2.05, 4.69) is 43.1 Å². The van der Waals surface area contributed by atoms with Crippen molar-refractivity contribution in [3.05, 3.63) is 58.7 Å². The maximum absolute atomic E-state index is 11.8. The summed E-state index contributed by atoms with van der Waals surface area (Å²) in [7, 11) is 0. The molecule has 1 heterocycles. The van der Waals surface area contributed by atoms with Crippen molar-refractivity contribution in [3.8, 4) is 0 Å². The minimum Gasteiger partial charge on any atom is -0.364 e. The van der Waals surface area contributed by atoms with Crippen molar-refractivity contribution in [2.75, 3.05) is 0 Å². The monoisotopic (exact) mass is 344 g/mol. The first-order chi connectivity index (χ1) is 11.0. The van der Waals surface area contributed by atoms with Gasteiger partial charge in [0.15, 0.2) is 0 Å². The number of aromatic amines is 1. The lowest BCUT2D eigenvalue weighted by molar-refractivity contribution is 0.0993. The lowest BCUT2D eigenvalue weighted by Gasteiger charge is -2.07. The molecule has 3 aromatic rings. The fourth-order valence-electron chi connectivity index (χ4n) is 2.46. The summed E-state index contributed by atoms with van der Waals surface area (Å²) in [5, 5.41) is 1.54. The quantitative estimate of drug-likeness (QED) is 0.683. The van der Waals surface area contributed by atoms with Crippen molar-refractivity contribution >= 4 is 40.2 Å². The number of amides is 1. The summed E-state index contributed by atoms with van der Waals surface area (Å²) in [6.45, 7) is 4.32. The Morgan fingerprint density at radius 3 is 2.48 bits per heavy atom. The van der Waals surface area contributed by atoms with Crippen LogP contribution in [-0.4, -0.2) is 10.9 Å². The Bertz CT molecular complexity index is 869. The van der Waals surface area contributed by atoms with Gasteiger partial charge in [0.25, 0.3) is 5.91 Å². The van der Waals surface area contributed by atoms with Gasteiger partial charge in [-0.1, -0.05) is 49.3 Å². The largest absolute Gasteiger partial charge is 0.364 e. The zero-order chi connectivity index (χ0) is 16.6. The topological polar surface area (TPSA) is 58.9 Å². The number of halogens is 1. The molecule has 0 unspecified atom stereocenters. The number of carbonyl (C=O) groups is 1. The van der Waals surface area contributed by atoms with E-state index in [9.17, 15) is 4.79 Å². The van der Waals surface area contributed by atoms with Crippen molar-refractivity contribution < 1.29 is 4.79 Å². The molecule has 0 atom stereocenters. The molecule has 0 aliphatic rings. The summed E-state index contributed by atoms with van der Waals surface area (Å²) < 4.78 is 0. The average molecular weight is 345 g/mol. The van der Waals surface area contributed by atoms with Crippen LogP contribution in [0.25, 0.3) is 10.9 Å². The van der Waals surface area contributed by atoms with Crippen LogP contribution in [0.15, 0.2) is 52.3 Å². The molecule has 0 bridgehead atoms. The van der Waals surface area contributed by atoms with Crippen LogP contribution in [0.2, 0.25) is 5.02 Å². The van der Waals surface area contributed by atoms with Crippen LogP contribution < -0.4 is 5.73 Å². The molecule has 3 N–H and O–H groups in total. The summed E-state index contributed by atoms with van der Waals surface area (Å²) >= 11 is 7.62. The van der Waals surface area contributed by atoms with E-state index in [4.69, 9.17) is 17.3 Å². The number of carbonyl (C=O) groups excluding carboxylic acids is 1. The molecule has 0 aliphatic heterocycles. The zero-order valence-electron chi connectivity index (χ0n) is 12.9. The Kier molecular flexibility index (Phi) is 4.37. The van der Waals surface area contributed by atoms with Crippen LogP contribution >= 0.6 is 23.4 Å². The molecule has 0 aliphatic carbocycles. The first-order valence-electron chi connectivity index (χ1n) is 7.34. The lowest BCUT2D eigenvalue weighted by Crippen LogP contribution is -2.12. The Labute approximate surface area is 144 Å². The van der Waals surface area contributed by atoms with Crippen molar-refractivity contribution in [2.45, 2.75) is 29.6 Å². The number of aromatic nitrogens is 1. The van der Waals surface area contributed by atoms with E-state index in [0.29, 0.717) is 16.6 Å². The van der Waals surface area contributed by atoms with Gasteiger partial charge < -0.3 is 10.7 Å². The van der Waals surface area contributed by atoms with Crippen LogP contribution in [0.4, 0.5) is 0 Å². The SMILES string of the molecule is CC(C)c1ccc(Sc2c(C(N)=O)[nH]c3ccc(Cl)cc23)cc1. The number of nitrogens with one attached hydrogen (secondary N) is 1. The van der Waals surface area contributed by atoms with E-state index >= 15 is 0 Å². The number of hydrogen-bond acceptors (Lipinski definition) is 2. The van der Waals surface area contributed by atoms with Crippen molar-refractivity contribution in [3.63, 3.8) is 0 Å². The fraction of sp³-hybridized carbons (Fsp3) is 0.167. The third-order valence-electron chi connectivity index (χ3n) is 3.73. The number of benzene rings is 2. The Hall–Kier alpha value is -1.91. The second-order valence-corrected chi connectivity index (χ2v) is 7.23. The number of H-pyrrole nitrogens is 1. The molecule has 3 nitrogen and oxygen atoms in total. The number of primary amides is 1. The first-order valence-corrected chi connectivity index (χ1v) is 8.54. The van der Waals surface area contributed by atoms with Gasteiger partial charge >= 0.3 is 0 Å². The predicted molar refractivity (Wildman–Crippen MR) is 96.5 cm³/mol. The molecule has 118 valence electrons. The van der Waals surface area contributed by atoms with E-state index in [1.807, 2.05) is 12.1 Å². The van der Waals surface area contributed by atoms with Gasteiger partial charge in [-0.2, -0.15) is 0 Å². The molecule has 0 radical (unpaired) electrons. The summed E-state index contributed by atoms with van der Waals surface area (Å²) in [4.78, 5) is 16.7. The average Bonchev–Trinajstić information content (AvgIpc) is 2.86. The van der Waals surface area contributed by atoms with E-state index in [-0.39, 0.29) is 0 Å². The zero-order valence-corrected chi connectivity index (χ0v) is 14.5. The molecule has 0 saturated carbocycles. The second kappa shape index (κ2) is 6.30. The predicted octanol–water partition coefficient (Wildman–Crippen LogP) is 5.19. The normalized spacial score (nSPS) is 11.3. The summed E-state index contributed by atoms with van der Waals surface area (Å²) in [5.41, 5.74) is 8.07. The molecule has 0 saturated heterocycles. The maximum Gasteiger partial charge on any atom is 0.266 e. The number of nitrogens with two attached hydrogens (primary N) is 1. The summed E-state index contributed by atoms with van der Waals surface area (Å²) in [6, 6.07) is 13.8. The smallest absolute Gasteiger partial charge is 0.266 e. The summed E-state index contributed by atoms with van der Waals surface area (Å²) in [6.07, 6.45) is 0. The molecule has 1 amide bonds. The number of hydrogen-bond donors (Lipinski definition) is 2. The van der Waals surface area contributed by atoms with E-state index < -0.39 is 5.91 Å². The van der Waals surface area contributed by atoms with Crippen molar-refractivity contribution in [1.82, 2.24) is 4.98 Å². The molecular formula is C18H17ClN2OS. The van der Waals surface area contributed by atoms with Gasteiger partial charge in [-0.05, 0) is 41.8 Å². The third kappa shape index (κ3) is 3.23.